The van der Waals surface area contributed by atoms with Gasteiger partial charge < -0.3 is 30.1 Å². The number of hydrogen-bond donors (Lipinski definition) is 3. The van der Waals surface area contributed by atoms with Crippen LogP contribution in [0.5, 0.6) is 11.5 Å². The molecule has 0 aromatic heterocycles. The summed E-state index contributed by atoms with van der Waals surface area (Å²) in [4.78, 5) is 39.9. The summed E-state index contributed by atoms with van der Waals surface area (Å²) in [6, 6.07) is 4.66. The number of nitrogens with zero attached hydrogens (tertiary/aromatic N) is 1. The quantitative estimate of drug-likeness (QED) is 0.389. The Bertz CT molecular complexity index is 1470. The van der Waals surface area contributed by atoms with E-state index in [1.807, 2.05) is 35.3 Å². The smallest absolute Gasteiger partial charge is 0.339 e. The second-order valence-corrected chi connectivity index (χ2v) is 12.1. The zero-order valence-electron chi connectivity index (χ0n) is 23.4. The van der Waals surface area contributed by atoms with E-state index in [0.29, 0.717) is 48.0 Å². The molecular weight excluding hydrogens is 558 g/mol. The molecule has 2 fully saturated rings. The molecule has 220 valence electrons. The average Bonchev–Trinajstić information content (AvgIpc) is 3.43. The Kier molecular flexibility index (Phi) is 7.62. The molecule has 6 rings (SSSR count). The van der Waals surface area contributed by atoms with Gasteiger partial charge in [0.05, 0.1) is 24.2 Å². The maximum Gasteiger partial charge on any atom is 0.339 e. The first kappa shape index (κ1) is 28.2. The fourth-order valence-corrected chi connectivity index (χ4v) is 6.64. The number of halogens is 1. The minimum absolute atomic E-state index is 0.0000261. The molecule has 1 saturated heterocycles. The van der Waals surface area contributed by atoms with Gasteiger partial charge in [-0.15, -0.1) is 0 Å². The lowest BCUT2D eigenvalue weighted by Crippen LogP contribution is -2.39. The van der Waals surface area contributed by atoms with E-state index >= 15 is 0 Å². The first-order valence-corrected chi connectivity index (χ1v) is 14.7. The maximum atomic E-state index is 13.5. The first-order chi connectivity index (χ1) is 20.2. The Hall–Kier alpha value is -3.98. The number of methoxy groups -OCH3 is 1. The summed E-state index contributed by atoms with van der Waals surface area (Å²) >= 11 is 6.60. The molecule has 2 heterocycles. The Balaban J connectivity index is 1.08. The molecule has 1 saturated carbocycles. The molecule has 9 nitrogen and oxygen atoms in total. The van der Waals surface area contributed by atoms with Crippen LogP contribution in [0.1, 0.15) is 48.9 Å². The normalized spacial score (nSPS) is 25.0. The van der Waals surface area contributed by atoms with Crippen LogP contribution in [0.25, 0.3) is 0 Å². The van der Waals surface area contributed by atoms with Crippen LogP contribution in [0, 0.1) is 11.3 Å². The third-order valence-corrected chi connectivity index (χ3v) is 9.22. The number of carbonyl (C=O) groups excluding carboxylic acids is 2. The number of allylic oxidation sites excluding steroid dienone is 5. The van der Waals surface area contributed by atoms with Crippen molar-refractivity contribution in [1.29, 1.82) is 0 Å². The van der Waals surface area contributed by atoms with Crippen molar-refractivity contribution in [3.05, 3.63) is 82.2 Å². The van der Waals surface area contributed by atoms with Gasteiger partial charge in [-0.25, -0.2) is 4.79 Å². The fourth-order valence-electron chi connectivity index (χ4n) is 6.35. The highest BCUT2D eigenvalue weighted by atomic mass is 35.5. The van der Waals surface area contributed by atoms with Gasteiger partial charge in [-0.2, -0.15) is 0 Å². The summed E-state index contributed by atoms with van der Waals surface area (Å²) in [6.07, 6.45) is 16.1. The molecule has 3 N–H and O–H groups in total. The predicted molar refractivity (Wildman–Crippen MR) is 157 cm³/mol. The van der Waals surface area contributed by atoms with Crippen LogP contribution in [-0.2, 0) is 9.59 Å². The zero-order valence-corrected chi connectivity index (χ0v) is 24.2. The highest BCUT2D eigenvalue weighted by Crippen LogP contribution is 2.55. The van der Waals surface area contributed by atoms with Crippen LogP contribution in [0.2, 0.25) is 0 Å². The highest BCUT2D eigenvalue weighted by Gasteiger charge is 2.53. The third-order valence-electron chi connectivity index (χ3n) is 8.88. The van der Waals surface area contributed by atoms with Crippen LogP contribution >= 0.6 is 11.6 Å². The van der Waals surface area contributed by atoms with E-state index in [4.69, 9.17) is 21.1 Å². The van der Waals surface area contributed by atoms with Gasteiger partial charge >= 0.3 is 5.97 Å². The summed E-state index contributed by atoms with van der Waals surface area (Å²) in [5, 5.41) is 16.0. The number of fused-ring (bicyclic) bond motifs is 1. The summed E-state index contributed by atoms with van der Waals surface area (Å²) in [5.74, 6) is -0.468. The maximum absolute atomic E-state index is 13.5. The van der Waals surface area contributed by atoms with Crippen LogP contribution < -0.4 is 20.1 Å². The average molecular weight is 592 g/mol. The summed E-state index contributed by atoms with van der Waals surface area (Å²) in [6.45, 7) is 1.03. The zero-order chi connectivity index (χ0) is 29.4. The van der Waals surface area contributed by atoms with Gasteiger partial charge in [0.1, 0.15) is 23.7 Å². The van der Waals surface area contributed by atoms with Crippen LogP contribution in [-0.4, -0.2) is 60.1 Å². The molecule has 0 bridgehead atoms. The largest absolute Gasteiger partial charge is 0.496 e. The summed E-state index contributed by atoms with van der Waals surface area (Å²) in [5.41, 5.74) is 2.53. The minimum atomic E-state index is -1.07. The number of carbonyl (C=O) groups is 3. The van der Waals surface area contributed by atoms with Crippen LogP contribution in [0.4, 0.5) is 0 Å². The van der Waals surface area contributed by atoms with E-state index in [9.17, 15) is 19.5 Å². The molecule has 2 amide bonds. The van der Waals surface area contributed by atoms with Gasteiger partial charge in [-0.1, -0.05) is 41.5 Å². The molecule has 0 radical (unpaired) electrons. The molecule has 3 aliphatic carbocycles. The standard InChI is InChI=1S/C32H34ClN3O6/c1-41-28-14-21(7-8-23(28)31(39)40)42-17-20-15-32(10-11-32)18-36(20)29(37)13-19-6-9-27(25(33)12-19)35-30(38)24-16-34-26-5-3-2-4-22(24)26/h2-5,7-8,12,14,16,20,22,26,34H,6,9-11,13,15,17-18H2,1H3,(H,35,38)(H,39,40)/t20-,22?,26?/m0/s1. The monoisotopic (exact) mass is 591 g/mol. The van der Waals surface area contributed by atoms with E-state index in [1.54, 1.807) is 18.3 Å². The van der Waals surface area contributed by atoms with Crippen LogP contribution in [0.3, 0.4) is 0 Å². The van der Waals surface area contributed by atoms with Crippen molar-refractivity contribution in [3.63, 3.8) is 0 Å². The summed E-state index contributed by atoms with van der Waals surface area (Å²) in [7, 11) is 1.42. The van der Waals surface area contributed by atoms with E-state index in [0.717, 1.165) is 24.8 Å². The van der Waals surface area contributed by atoms with E-state index in [1.165, 1.54) is 13.2 Å². The topological polar surface area (TPSA) is 117 Å². The van der Waals surface area contributed by atoms with Crippen molar-refractivity contribution in [1.82, 2.24) is 15.5 Å². The molecule has 42 heavy (non-hydrogen) atoms. The second kappa shape index (κ2) is 11.4. The molecule has 10 heteroatoms. The van der Waals surface area contributed by atoms with Gasteiger partial charge in [0.2, 0.25) is 5.91 Å². The molecular formula is C32H34ClN3O6. The Morgan fingerprint density at radius 1 is 1.19 bits per heavy atom. The molecule has 1 aromatic carbocycles. The van der Waals surface area contributed by atoms with Gasteiger partial charge in [0, 0.05) is 42.4 Å². The predicted octanol–water partition coefficient (Wildman–Crippen LogP) is 4.43. The van der Waals surface area contributed by atoms with Gasteiger partial charge in [-0.05, 0) is 55.7 Å². The Morgan fingerprint density at radius 2 is 2.00 bits per heavy atom. The first-order valence-electron chi connectivity index (χ1n) is 14.3. The van der Waals surface area contributed by atoms with Crippen LogP contribution in [0.15, 0.2) is 76.7 Å². The van der Waals surface area contributed by atoms with Crippen molar-refractivity contribution in [2.45, 2.75) is 50.6 Å². The molecule has 5 aliphatic rings. The molecule has 2 unspecified atom stereocenters. The summed E-state index contributed by atoms with van der Waals surface area (Å²) < 4.78 is 11.2. The van der Waals surface area contributed by atoms with Gasteiger partial charge in [0.25, 0.3) is 5.91 Å². The number of carboxylic acids is 1. The number of nitrogens with one attached hydrogen (secondary N) is 2. The minimum Gasteiger partial charge on any atom is -0.496 e. The number of benzene rings is 1. The SMILES string of the molecule is COc1cc(OC[C@@H]2CC3(CC3)CN2C(=O)CC2=CC(Cl)=C(NC(=O)C3=CNC4C=CC=CC34)CC2)ccc1C(=O)O. The number of carboxylic acid groups (broad SMARTS) is 1. The lowest BCUT2D eigenvalue weighted by molar-refractivity contribution is -0.132. The Labute approximate surface area is 249 Å². The van der Waals surface area contributed by atoms with Crippen molar-refractivity contribution in [3.8, 4) is 11.5 Å². The number of aromatic carboxylic acids is 1. The third kappa shape index (κ3) is 5.70. The van der Waals surface area contributed by atoms with E-state index < -0.39 is 5.97 Å². The van der Waals surface area contributed by atoms with Crippen molar-refractivity contribution in [2.24, 2.45) is 11.3 Å². The molecule has 1 aromatic rings. The number of amides is 2. The van der Waals surface area contributed by atoms with Crippen molar-refractivity contribution >= 4 is 29.4 Å². The lowest BCUT2D eigenvalue weighted by atomic mass is 9.90. The van der Waals surface area contributed by atoms with Gasteiger partial charge in [-0.3, -0.25) is 9.59 Å². The molecule has 3 atom stereocenters. The molecule has 1 spiro atoms. The van der Waals surface area contributed by atoms with Crippen molar-refractivity contribution < 1.29 is 29.0 Å². The van der Waals surface area contributed by atoms with Crippen molar-refractivity contribution in [2.75, 3.05) is 20.3 Å². The number of hydrogen-bond acceptors (Lipinski definition) is 6. The second-order valence-electron chi connectivity index (χ2n) is 11.7. The number of rotatable bonds is 9. The van der Waals surface area contributed by atoms with E-state index in [-0.39, 0.29) is 53.0 Å². The molecule has 2 aliphatic heterocycles. The number of ether oxygens (including phenoxy) is 2. The Morgan fingerprint density at radius 3 is 2.74 bits per heavy atom. The van der Waals surface area contributed by atoms with Gasteiger partial charge in [0.15, 0.2) is 0 Å². The fraction of sp³-hybridized carbons (Fsp3) is 0.406. The lowest BCUT2D eigenvalue weighted by Gasteiger charge is -2.26. The highest BCUT2D eigenvalue weighted by molar-refractivity contribution is 6.31. The van der Waals surface area contributed by atoms with E-state index in [2.05, 4.69) is 10.6 Å². The number of likely N-dealkylation sites (tertiary alicyclic amines) is 1.